The summed E-state index contributed by atoms with van der Waals surface area (Å²) >= 11 is 0. The third-order valence-electron chi connectivity index (χ3n) is 3.76. The van der Waals surface area contributed by atoms with Crippen LogP contribution in [0.1, 0.15) is 23.7 Å². The molecule has 2 N–H and O–H groups in total. The van der Waals surface area contributed by atoms with E-state index in [2.05, 4.69) is 5.32 Å². The predicted octanol–water partition coefficient (Wildman–Crippen LogP) is 1.66. The number of hydrogen-bond donors (Lipinski definition) is 2. The van der Waals surface area contributed by atoms with Gasteiger partial charge in [0.1, 0.15) is 11.8 Å². The van der Waals surface area contributed by atoms with Crippen molar-refractivity contribution in [3.05, 3.63) is 60.2 Å². The van der Waals surface area contributed by atoms with E-state index in [9.17, 15) is 27.9 Å². The first-order chi connectivity index (χ1) is 13.2. The van der Waals surface area contributed by atoms with Crippen LogP contribution in [-0.2, 0) is 19.4 Å². The summed E-state index contributed by atoms with van der Waals surface area (Å²) in [4.78, 5) is 34.7. The molecule has 0 spiro atoms. The van der Waals surface area contributed by atoms with Crippen LogP contribution in [0.25, 0.3) is 0 Å². The van der Waals surface area contributed by atoms with Crippen molar-refractivity contribution in [2.45, 2.75) is 24.3 Å². The Morgan fingerprint density at radius 2 is 1.64 bits per heavy atom. The summed E-state index contributed by atoms with van der Waals surface area (Å²) in [5, 5.41) is 11.6. The number of esters is 1. The van der Waals surface area contributed by atoms with Gasteiger partial charge in [0.25, 0.3) is 5.91 Å². The maximum Gasteiger partial charge on any atom is 0.326 e. The number of aliphatic carboxylic acids is 1. The van der Waals surface area contributed by atoms with Crippen LogP contribution in [0.3, 0.4) is 0 Å². The monoisotopic (exact) mass is 405 g/mol. The molecule has 2 rings (SSSR count). The van der Waals surface area contributed by atoms with Crippen molar-refractivity contribution >= 4 is 27.7 Å². The molecule has 0 saturated heterocycles. The minimum absolute atomic E-state index is 0.0894. The van der Waals surface area contributed by atoms with E-state index in [4.69, 9.17) is 4.74 Å². The van der Waals surface area contributed by atoms with E-state index < -0.39 is 39.5 Å². The molecule has 148 valence electrons. The van der Waals surface area contributed by atoms with Gasteiger partial charge in [-0.25, -0.2) is 13.2 Å². The van der Waals surface area contributed by atoms with Gasteiger partial charge in [-0.3, -0.25) is 9.59 Å². The molecule has 0 aliphatic heterocycles. The highest BCUT2D eigenvalue weighted by molar-refractivity contribution is 7.91. The standard InChI is InChI=1S/C19H19NO7S/c1-13(21)27-15-9-7-14(8-10-15)18(22)20-17(19(23)24)11-12-28(25,26)16-5-3-2-4-6-16/h2-10,17H,11-12H2,1H3,(H,20,22)(H,23,24)/t17-/m1/s1. The molecule has 8 nitrogen and oxygen atoms in total. The SMILES string of the molecule is CC(=O)Oc1ccc(C(=O)N[C@H](CCS(=O)(=O)c2ccccc2)C(=O)O)cc1. The Labute approximate surface area is 162 Å². The van der Waals surface area contributed by atoms with Crippen molar-refractivity contribution in [1.82, 2.24) is 5.32 Å². The fraction of sp³-hybridized carbons (Fsp3) is 0.211. The van der Waals surface area contributed by atoms with Crippen LogP contribution in [0.4, 0.5) is 0 Å². The minimum Gasteiger partial charge on any atom is -0.480 e. The Bertz CT molecular complexity index is 954. The van der Waals surface area contributed by atoms with Crippen molar-refractivity contribution in [1.29, 1.82) is 0 Å². The van der Waals surface area contributed by atoms with Gasteiger partial charge in [0.15, 0.2) is 9.84 Å². The van der Waals surface area contributed by atoms with Crippen molar-refractivity contribution in [3.63, 3.8) is 0 Å². The second kappa shape index (κ2) is 9.14. The highest BCUT2D eigenvalue weighted by atomic mass is 32.2. The molecule has 9 heteroatoms. The fourth-order valence-electron chi connectivity index (χ4n) is 2.36. The Morgan fingerprint density at radius 3 is 2.18 bits per heavy atom. The molecule has 0 aromatic heterocycles. The van der Waals surface area contributed by atoms with Gasteiger partial charge < -0.3 is 15.2 Å². The Morgan fingerprint density at radius 1 is 1.04 bits per heavy atom. The van der Waals surface area contributed by atoms with Crippen LogP contribution in [0.2, 0.25) is 0 Å². The molecular formula is C19H19NO7S. The molecule has 0 aliphatic carbocycles. The lowest BCUT2D eigenvalue weighted by molar-refractivity contribution is -0.139. The summed E-state index contributed by atoms with van der Waals surface area (Å²) in [6.07, 6.45) is -0.288. The third kappa shape index (κ3) is 5.92. The Kier molecular flexibility index (Phi) is 6.89. The first kappa shape index (κ1) is 21.1. The molecule has 2 aromatic carbocycles. The van der Waals surface area contributed by atoms with Crippen molar-refractivity contribution < 1.29 is 32.6 Å². The van der Waals surface area contributed by atoms with Gasteiger partial charge in [0, 0.05) is 12.5 Å². The number of ether oxygens (including phenoxy) is 1. The molecule has 0 fully saturated rings. The predicted molar refractivity (Wildman–Crippen MR) is 99.8 cm³/mol. The number of carbonyl (C=O) groups is 3. The summed E-state index contributed by atoms with van der Waals surface area (Å²) in [5.41, 5.74) is 0.146. The molecule has 1 atom stereocenters. The summed E-state index contributed by atoms with van der Waals surface area (Å²) in [6, 6.07) is 11.8. The number of hydrogen-bond acceptors (Lipinski definition) is 6. The largest absolute Gasteiger partial charge is 0.480 e. The van der Waals surface area contributed by atoms with Crippen LogP contribution in [0.5, 0.6) is 5.75 Å². The average molecular weight is 405 g/mol. The lowest BCUT2D eigenvalue weighted by Crippen LogP contribution is -2.41. The summed E-state index contributed by atoms with van der Waals surface area (Å²) in [6.45, 7) is 1.24. The molecule has 0 saturated carbocycles. The highest BCUT2D eigenvalue weighted by Gasteiger charge is 2.24. The van der Waals surface area contributed by atoms with E-state index in [1.54, 1.807) is 18.2 Å². The molecule has 28 heavy (non-hydrogen) atoms. The van der Waals surface area contributed by atoms with Gasteiger partial charge in [-0.2, -0.15) is 0 Å². The molecular weight excluding hydrogens is 386 g/mol. The zero-order valence-corrected chi connectivity index (χ0v) is 15.8. The van der Waals surface area contributed by atoms with Gasteiger partial charge in [-0.1, -0.05) is 18.2 Å². The minimum atomic E-state index is -3.67. The number of sulfone groups is 1. The van der Waals surface area contributed by atoms with Crippen molar-refractivity contribution in [3.8, 4) is 5.75 Å². The quantitative estimate of drug-likeness (QED) is 0.505. The van der Waals surface area contributed by atoms with E-state index in [-0.39, 0.29) is 22.6 Å². The number of rotatable bonds is 8. The van der Waals surface area contributed by atoms with Crippen molar-refractivity contribution in [2.75, 3.05) is 5.75 Å². The molecule has 0 heterocycles. The molecule has 0 unspecified atom stereocenters. The molecule has 2 aromatic rings. The second-order valence-electron chi connectivity index (χ2n) is 5.90. The topological polar surface area (TPSA) is 127 Å². The van der Waals surface area contributed by atoms with E-state index in [0.29, 0.717) is 0 Å². The van der Waals surface area contributed by atoms with Gasteiger partial charge in [0.2, 0.25) is 0 Å². The molecule has 0 radical (unpaired) electrons. The number of benzene rings is 2. The van der Waals surface area contributed by atoms with Crippen molar-refractivity contribution in [2.24, 2.45) is 0 Å². The average Bonchev–Trinajstić information content (AvgIpc) is 2.65. The number of carboxylic acid groups (broad SMARTS) is 1. The zero-order chi connectivity index (χ0) is 20.7. The normalized spacial score (nSPS) is 12.0. The summed E-state index contributed by atoms with van der Waals surface area (Å²) in [5.74, 6) is -2.72. The molecule has 0 aliphatic rings. The lowest BCUT2D eigenvalue weighted by atomic mass is 10.1. The number of amides is 1. The first-order valence-electron chi connectivity index (χ1n) is 8.29. The smallest absolute Gasteiger partial charge is 0.326 e. The summed E-state index contributed by atoms with van der Waals surface area (Å²) < 4.78 is 29.4. The number of nitrogens with one attached hydrogen (secondary N) is 1. The second-order valence-corrected chi connectivity index (χ2v) is 8.01. The fourth-order valence-corrected chi connectivity index (χ4v) is 3.71. The third-order valence-corrected chi connectivity index (χ3v) is 5.52. The van der Waals surface area contributed by atoms with Gasteiger partial charge in [-0.15, -0.1) is 0 Å². The molecule has 1 amide bonds. The van der Waals surface area contributed by atoms with E-state index >= 15 is 0 Å². The maximum absolute atomic E-state index is 12.3. The van der Waals surface area contributed by atoms with Gasteiger partial charge in [-0.05, 0) is 42.8 Å². The zero-order valence-electron chi connectivity index (χ0n) is 15.0. The van der Waals surface area contributed by atoms with E-state index in [1.165, 1.54) is 43.3 Å². The van der Waals surface area contributed by atoms with Crippen LogP contribution in [0.15, 0.2) is 59.5 Å². The first-order valence-corrected chi connectivity index (χ1v) is 9.94. The Balaban J connectivity index is 2.03. The molecule has 0 bridgehead atoms. The van der Waals surface area contributed by atoms with E-state index in [0.717, 1.165) is 0 Å². The Hall–Kier alpha value is -3.20. The lowest BCUT2D eigenvalue weighted by Gasteiger charge is -2.15. The maximum atomic E-state index is 12.3. The summed E-state index contributed by atoms with van der Waals surface area (Å²) in [7, 11) is -3.67. The van der Waals surface area contributed by atoms with Crippen LogP contribution in [-0.4, -0.2) is 43.2 Å². The van der Waals surface area contributed by atoms with Gasteiger partial charge >= 0.3 is 11.9 Å². The number of carbonyl (C=O) groups excluding carboxylic acids is 2. The van der Waals surface area contributed by atoms with Crippen LogP contribution < -0.4 is 10.1 Å². The highest BCUT2D eigenvalue weighted by Crippen LogP contribution is 2.14. The van der Waals surface area contributed by atoms with Gasteiger partial charge in [0.05, 0.1) is 10.6 Å². The van der Waals surface area contributed by atoms with E-state index in [1.807, 2.05) is 0 Å². The number of carboxylic acids is 1. The van der Waals surface area contributed by atoms with Crippen LogP contribution in [0, 0.1) is 0 Å². The van der Waals surface area contributed by atoms with Crippen LogP contribution >= 0.6 is 0 Å².